The number of aliphatic carboxylic acids is 1. The van der Waals surface area contributed by atoms with Crippen LogP contribution in [0.25, 0.3) is 0 Å². The van der Waals surface area contributed by atoms with Gasteiger partial charge >= 0.3 is 5.97 Å². The summed E-state index contributed by atoms with van der Waals surface area (Å²) in [4.78, 5) is 23.0. The van der Waals surface area contributed by atoms with Crippen LogP contribution in [0.1, 0.15) is 21.5 Å². The Morgan fingerprint density at radius 3 is 2.30 bits per heavy atom. The van der Waals surface area contributed by atoms with Crippen molar-refractivity contribution in [3.8, 4) is 0 Å². The van der Waals surface area contributed by atoms with E-state index in [1.54, 1.807) is 48.5 Å². The van der Waals surface area contributed by atoms with Gasteiger partial charge in [-0.1, -0.05) is 48.5 Å². The Balaban J connectivity index is 2.22. The smallest absolute Gasteiger partial charge is 0.320 e. The van der Waals surface area contributed by atoms with Crippen LogP contribution in [0.2, 0.25) is 0 Å². The molecule has 0 spiro atoms. The molecule has 0 fully saturated rings. The monoisotopic (exact) mass is 269 g/mol. The van der Waals surface area contributed by atoms with Crippen molar-refractivity contribution in [2.24, 2.45) is 5.73 Å². The van der Waals surface area contributed by atoms with Gasteiger partial charge in [0.15, 0.2) is 5.78 Å². The molecule has 0 aliphatic heterocycles. The standard InChI is InChI=1S/C16H15NO3/c17-14(16(19)20)10-11-5-4-8-13(9-11)15(18)12-6-2-1-3-7-12/h1-9,14H,10,17H2,(H,19,20). The molecule has 0 aliphatic carbocycles. The zero-order valence-electron chi connectivity index (χ0n) is 10.8. The number of hydrogen-bond acceptors (Lipinski definition) is 3. The molecular formula is C16H15NO3. The van der Waals surface area contributed by atoms with Crippen LogP contribution >= 0.6 is 0 Å². The Labute approximate surface area is 116 Å². The highest BCUT2D eigenvalue weighted by Gasteiger charge is 2.14. The lowest BCUT2D eigenvalue weighted by molar-refractivity contribution is -0.138. The van der Waals surface area contributed by atoms with Crippen molar-refractivity contribution in [3.63, 3.8) is 0 Å². The van der Waals surface area contributed by atoms with E-state index in [1.165, 1.54) is 0 Å². The lowest BCUT2D eigenvalue weighted by Gasteiger charge is -2.08. The molecular weight excluding hydrogens is 254 g/mol. The predicted molar refractivity (Wildman–Crippen MR) is 75.6 cm³/mol. The third kappa shape index (κ3) is 3.30. The van der Waals surface area contributed by atoms with E-state index in [-0.39, 0.29) is 12.2 Å². The quantitative estimate of drug-likeness (QED) is 0.812. The number of carbonyl (C=O) groups is 2. The van der Waals surface area contributed by atoms with E-state index in [9.17, 15) is 9.59 Å². The number of ketones is 1. The highest BCUT2D eigenvalue weighted by atomic mass is 16.4. The fourth-order valence-corrected chi connectivity index (χ4v) is 1.94. The molecule has 0 radical (unpaired) electrons. The van der Waals surface area contributed by atoms with E-state index in [2.05, 4.69) is 0 Å². The molecule has 0 aliphatic rings. The van der Waals surface area contributed by atoms with E-state index >= 15 is 0 Å². The number of nitrogens with two attached hydrogens (primary N) is 1. The number of carboxylic acid groups (broad SMARTS) is 1. The molecule has 0 heterocycles. The normalized spacial score (nSPS) is 11.8. The topological polar surface area (TPSA) is 80.4 Å². The molecule has 0 saturated heterocycles. The summed E-state index contributed by atoms with van der Waals surface area (Å²) in [7, 11) is 0. The van der Waals surface area contributed by atoms with Crippen molar-refractivity contribution in [1.82, 2.24) is 0 Å². The molecule has 4 nitrogen and oxygen atoms in total. The van der Waals surface area contributed by atoms with Crippen LogP contribution in [0.4, 0.5) is 0 Å². The molecule has 3 N–H and O–H groups in total. The molecule has 0 aromatic heterocycles. The zero-order chi connectivity index (χ0) is 14.5. The first kappa shape index (κ1) is 14.0. The first-order valence-corrected chi connectivity index (χ1v) is 6.25. The van der Waals surface area contributed by atoms with Crippen LogP contribution in [0.15, 0.2) is 54.6 Å². The fraction of sp³-hybridized carbons (Fsp3) is 0.125. The zero-order valence-corrected chi connectivity index (χ0v) is 10.8. The van der Waals surface area contributed by atoms with Crippen molar-refractivity contribution in [3.05, 3.63) is 71.3 Å². The molecule has 102 valence electrons. The Kier molecular flexibility index (Phi) is 4.27. The summed E-state index contributed by atoms with van der Waals surface area (Å²) in [6.45, 7) is 0. The number of carboxylic acids is 1. The second-order valence-electron chi connectivity index (χ2n) is 4.54. The first-order chi connectivity index (χ1) is 9.58. The summed E-state index contributed by atoms with van der Waals surface area (Å²) in [5.74, 6) is -1.14. The average Bonchev–Trinajstić information content (AvgIpc) is 2.47. The lowest BCUT2D eigenvalue weighted by Crippen LogP contribution is -2.32. The molecule has 20 heavy (non-hydrogen) atoms. The maximum atomic E-state index is 12.3. The van der Waals surface area contributed by atoms with Crippen LogP contribution < -0.4 is 5.73 Å². The van der Waals surface area contributed by atoms with Crippen molar-refractivity contribution in [2.45, 2.75) is 12.5 Å². The average molecular weight is 269 g/mol. The fourth-order valence-electron chi connectivity index (χ4n) is 1.94. The third-order valence-corrected chi connectivity index (χ3v) is 3.00. The second-order valence-corrected chi connectivity index (χ2v) is 4.54. The molecule has 2 aromatic rings. The van der Waals surface area contributed by atoms with Crippen molar-refractivity contribution in [2.75, 3.05) is 0 Å². The highest BCUT2D eigenvalue weighted by molar-refractivity contribution is 6.09. The highest BCUT2D eigenvalue weighted by Crippen LogP contribution is 2.12. The van der Waals surface area contributed by atoms with Gasteiger partial charge in [0.2, 0.25) is 0 Å². The number of carbonyl (C=O) groups excluding carboxylic acids is 1. The van der Waals surface area contributed by atoms with E-state index in [0.29, 0.717) is 11.1 Å². The number of hydrogen-bond donors (Lipinski definition) is 2. The Morgan fingerprint density at radius 2 is 1.65 bits per heavy atom. The van der Waals surface area contributed by atoms with Crippen LogP contribution in [0.3, 0.4) is 0 Å². The molecule has 2 aromatic carbocycles. The number of rotatable bonds is 5. The van der Waals surface area contributed by atoms with Gasteiger partial charge in [-0.2, -0.15) is 0 Å². The first-order valence-electron chi connectivity index (χ1n) is 6.25. The molecule has 0 amide bonds. The molecule has 0 bridgehead atoms. The molecule has 1 unspecified atom stereocenters. The van der Waals surface area contributed by atoms with Gasteiger partial charge in [-0.15, -0.1) is 0 Å². The molecule has 4 heteroatoms. The molecule has 2 rings (SSSR count). The van der Waals surface area contributed by atoms with Crippen molar-refractivity contribution in [1.29, 1.82) is 0 Å². The summed E-state index contributed by atoms with van der Waals surface area (Å²) >= 11 is 0. The van der Waals surface area contributed by atoms with E-state index in [4.69, 9.17) is 10.8 Å². The summed E-state index contributed by atoms with van der Waals surface area (Å²) in [6.07, 6.45) is 0.200. The minimum absolute atomic E-state index is 0.0867. The lowest BCUT2D eigenvalue weighted by atomic mass is 9.99. The summed E-state index contributed by atoms with van der Waals surface area (Å²) in [5, 5.41) is 8.81. The van der Waals surface area contributed by atoms with Gasteiger partial charge in [-0.3, -0.25) is 9.59 Å². The van der Waals surface area contributed by atoms with Crippen LogP contribution in [0.5, 0.6) is 0 Å². The van der Waals surface area contributed by atoms with E-state index in [1.807, 2.05) is 6.07 Å². The van der Waals surface area contributed by atoms with Gasteiger partial charge < -0.3 is 10.8 Å². The third-order valence-electron chi connectivity index (χ3n) is 3.00. The molecule has 0 saturated carbocycles. The minimum Gasteiger partial charge on any atom is -0.480 e. The summed E-state index contributed by atoms with van der Waals surface area (Å²) < 4.78 is 0. The van der Waals surface area contributed by atoms with Gasteiger partial charge in [0.05, 0.1) is 0 Å². The van der Waals surface area contributed by atoms with E-state index in [0.717, 1.165) is 5.56 Å². The van der Waals surface area contributed by atoms with Crippen LogP contribution in [-0.4, -0.2) is 22.9 Å². The van der Waals surface area contributed by atoms with Gasteiger partial charge in [-0.25, -0.2) is 0 Å². The maximum Gasteiger partial charge on any atom is 0.320 e. The van der Waals surface area contributed by atoms with Gasteiger partial charge in [-0.05, 0) is 18.1 Å². The van der Waals surface area contributed by atoms with Gasteiger partial charge in [0.25, 0.3) is 0 Å². The Bertz CT molecular complexity index is 623. The van der Waals surface area contributed by atoms with Crippen LogP contribution in [-0.2, 0) is 11.2 Å². The Hall–Kier alpha value is -2.46. The van der Waals surface area contributed by atoms with Crippen molar-refractivity contribution >= 4 is 11.8 Å². The van der Waals surface area contributed by atoms with Gasteiger partial charge in [0, 0.05) is 11.1 Å². The Morgan fingerprint density at radius 1 is 1.00 bits per heavy atom. The van der Waals surface area contributed by atoms with Gasteiger partial charge in [0.1, 0.15) is 6.04 Å². The van der Waals surface area contributed by atoms with Crippen molar-refractivity contribution < 1.29 is 14.7 Å². The molecule has 1 atom stereocenters. The summed E-state index contributed by atoms with van der Waals surface area (Å²) in [6, 6.07) is 14.9. The summed E-state index contributed by atoms with van der Waals surface area (Å²) in [5.41, 5.74) is 7.38. The van der Waals surface area contributed by atoms with Crippen LogP contribution in [0, 0.1) is 0 Å². The van der Waals surface area contributed by atoms with E-state index < -0.39 is 12.0 Å². The number of benzene rings is 2. The second kappa shape index (κ2) is 6.12. The largest absolute Gasteiger partial charge is 0.480 e. The minimum atomic E-state index is -1.05. The SMILES string of the molecule is NC(Cc1cccc(C(=O)c2ccccc2)c1)C(=O)O. The predicted octanol–water partition coefficient (Wildman–Crippen LogP) is 1.87. The maximum absolute atomic E-state index is 12.3.